The zero-order chi connectivity index (χ0) is 19.1. The Kier molecular flexibility index (Phi) is 3.77. The lowest BCUT2D eigenvalue weighted by Crippen LogP contribution is -2.10. The van der Waals surface area contributed by atoms with E-state index >= 15 is 0 Å². The summed E-state index contributed by atoms with van der Waals surface area (Å²) in [7, 11) is 1.94. The fourth-order valence-corrected chi connectivity index (χ4v) is 3.04. The van der Waals surface area contributed by atoms with Crippen molar-refractivity contribution in [2.75, 3.05) is 0 Å². The number of hydrogen-bond acceptors (Lipinski definition) is 4. The van der Waals surface area contributed by atoms with E-state index in [1.807, 2.05) is 48.0 Å². The molecule has 0 aliphatic heterocycles. The summed E-state index contributed by atoms with van der Waals surface area (Å²) < 4.78 is 7.90. The van der Waals surface area contributed by atoms with Gasteiger partial charge in [0.2, 0.25) is 5.89 Å². The average molecular weight is 358 g/mol. The van der Waals surface area contributed by atoms with Crippen molar-refractivity contribution in [1.29, 1.82) is 10.8 Å². The van der Waals surface area contributed by atoms with Crippen molar-refractivity contribution in [2.24, 2.45) is 18.5 Å². The second-order valence-corrected chi connectivity index (χ2v) is 6.27. The van der Waals surface area contributed by atoms with E-state index in [2.05, 4.69) is 4.98 Å². The number of amidine groups is 2. The predicted molar refractivity (Wildman–Crippen MR) is 106 cm³/mol. The van der Waals surface area contributed by atoms with Crippen LogP contribution in [0.2, 0.25) is 0 Å². The first kappa shape index (κ1) is 16.6. The van der Waals surface area contributed by atoms with Crippen LogP contribution in [0, 0.1) is 10.8 Å². The Morgan fingerprint density at radius 2 is 1.52 bits per heavy atom. The van der Waals surface area contributed by atoms with Crippen LogP contribution in [0.3, 0.4) is 0 Å². The Morgan fingerprint density at radius 1 is 0.889 bits per heavy atom. The minimum absolute atomic E-state index is 0.00925. The van der Waals surface area contributed by atoms with Gasteiger partial charge < -0.3 is 20.5 Å². The van der Waals surface area contributed by atoms with Gasteiger partial charge in [0.05, 0.1) is 0 Å². The maximum atomic E-state index is 7.55. The molecule has 4 rings (SSSR count). The molecule has 0 fully saturated rings. The van der Waals surface area contributed by atoms with Crippen LogP contribution < -0.4 is 11.5 Å². The van der Waals surface area contributed by atoms with Crippen LogP contribution in [0.15, 0.2) is 59.0 Å². The third kappa shape index (κ3) is 2.85. The molecule has 0 aliphatic rings. The molecule has 7 heteroatoms. The molecule has 27 heavy (non-hydrogen) atoms. The van der Waals surface area contributed by atoms with Crippen molar-refractivity contribution in [3.8, 4) is 22.8 Å². The molecule has 0 saturated heterocycles. The fraction of sp³-hybridized carbons (Fsp3) is 0.0500. The molecular weight excluding hydrogens is 340 g/mol. The Hall–Kier alpha value is -3.87. The lowest BCUT2D eigenvalue weighted by molar-refractivity contribution is 0.612. The third-order valence-electron chi connectivity index (χ3n) is 4.53. The van der Waals surface area contributed by atoms with E-state index in [4.69, 9.17) is 26.7 Å². The summed E-state index contributed by atoms with van der Waals surface area (Å²) in [4.78, 5) is 4.55. The molecule has 134 valence electrons. The van der Waals surface area contributed by atoms with E-state index in [-0.39, 0.29) is 11.7 Å². The lowest BCUT2D eigenvalue weighted by atomic mass is 10.1. The highest BCUT2D eigenvalue weighted by Crippen LogP contribution is 2.30. The van der Waals surface area contributed by atoms with Gasteiger partial charge in [0, 0.05) is 23.9 Å². The highest BCUT2D eigenvalue weighted by molar-refractivity contribution is 5.98. The molecule has 2 heterocycles. The number of nitrogens with zero attached hydrogens (tertiary/aromatic N) is 2. The topological polar surface area (TPSA) is 131 Å². The van der Waals surface area contributed by atoms with Gasteiger partial charge in [-0.25, -0.2) is 4.98 Å². The van der Waals surface area contributed by atoms with Gasteiger partial charge in [-0.3, -0.25) is 10.8 Å². The summed E-state index contributed by atoms with van der Waals surface area (Å²) in [6.45, 7) is 0. The quantitative estimate of drug-likeness (QED) is 0.330. The van der Waals surface area contributed by atoms with Crippen molar-refractivity contribution >= 4 is 22.8 Å². The average Bonchev–Trinajstić information content (AvgIpc) is 3.24. The van der Waals surface area contributed by atoms with Crippen molar-refractivity contribution in [3.63, 3.8) is 0 Å². The van der Waals surface area contributed by atoms with E-state index in [1.165, 1.54) is 0 Å². The van der Waals surface area contributed by atoms with Crippen molar-refractivity contribution < 1.29 is 4.42 Å². The fourth-order valence-electron chi connectivity index (χ4n) is 3.04. The first-order valence-corrected chi connectivity index (χ1v) is 8.30. The van der Waals surface area contributed by atoms with Gasteiger partial charge in [-0.15, -0.1) is 0 Å². The first-order chi connectivity index (χ1) is 12.9. The zero-order valence-electron chi connectivity index (χ0n) is 14.7. The summed E-state index contributed by atoms with van der Waals surface area (Å²) in [6.07, 6.45) is 0. The third-order valence-corrected chi connectivity index (χ3v) is 4.53. The lowest BCUT2D eigenvalue weighted by Gasteiger charge is -2.07. The van der Waals surface area contributed by atoms with Gasteiger partial charge in [0.25, 0.3) is 0 Å². The van der Waals surface area contributed by atoms with Crippen LogP contribution in [-0.4, -0.2) is 21.2 Å². The monoisotopic (exact) mass is 358 g/mol. The Bertz CT molecular complexity index is 1180. The molecule has 0 saturated carbocycles. The number of oxazole rings is 1. The molecule has 6 N–H and O–H groups in total. The molecule has 0 spiro atoms. The number of hydrogen-bond donors (Lipinski definition) is 4. The second-order valence-electron chi connectivity index (χ2n) is 6.27. The Labute approximate surface area is 155 Å². The Balaban J connectivity index is 1.74. The largest absolute Gasteiger partial charge is 0.435 e. The van der Waals surface area contributed by atoms with Crippen LogP contribution in [0.1, 0.15) is 11.1 Å². The Morgan fingerprint density at radius 3 is 2.19 bits per heavy atom. The maximum Gasteiger partial charge on any atom is 0.244 e. The summed E-state index contributed by atoms with van der Waals surface area (Å²) in [5.41, 5.74) is 16.5. The molecule has 2 aromatic carbocycles. The van der Waals surface area contributed by atoms with Crippen LogP contribution in [-0.2, 0) is 7.05 Å². The summed E-state index contributed by atoms with van der Waals surface area (Å²) in [5, 5.41) is 15.0. The van der Waals surface area contributed by atoms with Gasteiger partial charge in [0.15, 0.2) is 5.58 Å². The minimum atomic E-state index is -0.00925. The van der Waals surface area contributed by atoms with Gasteiger partial charge >= 0.3 is 0 Å². The second kappa shape index (κ2) is 6.14. The molecule has 4 aromatic rings. The minimum Gasteiger partial charge on any atom is -0.435 e. The van der Waals surface area contributed by atoms with E-state index in [0.29, 0.717) is 28.1 Å². The van der Waals surface area contributed by atoms with Gasteiger partial charge in [0.1, 0.15) is 22.9 Å². The normalized spacial score (nSPS) is 11.0. The predicted octanol–water partition coefficient (Wildman–Crippen LogP) is 3.07. The van der Waals surface area contributed by atoms with E-state index in [1.54, 1.807) is 18.2 Å². The highest BCUT2D eigenvalue weighted by atomic mass is 16.3. The summed E-state index contributed by atoms with van der Waals surface area (Å²) >= 11 is 0. The number of rotatable bonds is 4. The van der Waals surface area contributed by atoms with Gasteiger partial charge in [-0.1, -0.05) is 24.3 Å². The molecule has 7 nitrogen and oxygen atoms in total. The molecule has 0 aliphatic carbocycles. The number of aromatic nitrogens is 2. The summed E-state index contributed by atoms with van der Waals surface area (Å²) in [6, 6.07) is 16.7. The van der Waals surface area contributed by atoms with E-state index in [9.17, 15) is 0 Å². The smallest absolute Gasteiger partial charge is 0.244 e. The van der Waals surface area contributed by atoms with E-state index in [0.717, 1.165) is 17.0 Å². The van der Waals surface area contributed by atoms with Crippen LogP contribution in [0.5, 0.6) is 0 Å². The number of fused-ring (bicyclic) bond motifs is 1. The van der Waals surface area contributed by atoms with Crippen molar-refractivity contribution in [2.45, 2.75) is 0 Å². The molecule has 2 aromatic heterocycles. The molecule has 0 radical (unpaired) electrons. The number of nitrogens with one attached hydrogen (secondary N) is 2. The van der Waals surface area contributed by atoms with Crippen LogP contribution in [0.25, 0.3) is 33.9 Å². The standard InChI is InChI=1S/C20H18N6O/c1-26-15(11-2-4-12(5-3-11)18(21)22)8-9-16(26)20-25-14-7-6-13(19(23)24)10-17(14)27-20/h2-10H,1H3,(H3,21,22)(H3,23,24). The first-order valence-electron chi connectivity index (χ1n) is 8.30. The number of nitrogens with two attached hydrogens (primary N) is 2. The molecule has 0 atom stereocenters. The molecular formula is C20H18N6O. The van der Waals surface area contributed by atoms with Crippen LogP contribution in [0.4, 0.5) is 0 Å². The van der Waals surface area contributed by atoms with Gasteiger partial charge in [-0.05, 0) is 35.9 Å². The molecule has 0 unspecified atom stereocenters. The maximum absolute atomic E-state index is 7.55. The molecule has 0 bridgehead atoms. The van der Waals surface area contributed by atoms with Gasteiger partial charge in [-0.2, -0.15) is 0 Å². The zero-order valence-corrected chi connectivity index (χ0v) is 14.7. The van der Waals surface area contributed by atoms with Crippen LogP contribution >= 0.6 is 0 Å². The number of nitrogen functional groups attached to an aromatic ring is 2. The van der Waals surface area contributed by atoms with Crippen molar-refractivity contribution in [1.82, 2.24) is 9.55 Å². The molecule has 0 amide bonds. The van der Waals surface area contributed by atoms with Crippen molar-refractivity contribution in [3.05, 3.63) is 65.7 Å². The highest BCUT2D eigenvalue weighted by Gasteiger charge is 2.15. The SMILES string of the molecule is Cn1c(-c2ccc(C(=N)N)cc2)ccc1-c1nc2ccc(C(=N)N)cc2o1. The summed E-state index contributed by atoms with van der Waals surface area (Å²) in [5.74, 6) is 0.537. The number of benzene rings is 2. The van der Waals surface area contributed by atoms with E-state index < -0.39 is 0 Å².